The Kier molecular flexibility index (Phi) is 5.97. The van der Waals surface area contributed by atoms with Crippen LogP contribution in [0.4, 0.5) is 0 Å². The number of carbonyl (C=O) groups excluding carboxylic acids is 1. The van der Waals surface area contributed by atoms with Gasteiger partial charge in [-0.3, -0.25) is 4.79 Å². The van der Waals surface area contributed by atoms with Crippen LogP contribution in [0.5, 0.6) is 0 Å². The predicted molar refractivity (Wildman–Crippen MR) is 56.7 cm³/mol. The summed E-state index contributed by atoms with van der Waals surface area (Å²) in [7, 11) is 6.49. The van der Waals surface area contributed by atoms with Crippen molar-refractivity contribution in [2.45, 2.75) is 39.0 Å². The minimum atomic E-state index is 0.440. The molecule has 0 aromatic heterocycles. The van der Waals surface area contributed by atoms with Crippen molar-refractivity contribution in [2.75, 3.05) is 27.7 Å². The van der Waals surface area contributed by atoms with Gasteiger partial charge < -0.3 is 4.48 Å². The van der Waals surface area contributed by atoms with Crippen LogP contribution in [0, 0.1) is 0 Å². The number of nitrogens with zero attached hydrogens (tertiary/aromatic N) is 1. The first-order valence-corrected chi connectivity index (χ1v) is 5.28. The number of unbranched alkanes of at least 4 members (excludes halogenated alkanes) is 1. The highest BCUT2D eigenvalue weighted by molar-refractivity contribution is 5.78. The van der Waals surface area contributed by atoms with Gasteiger partial charge in [0.1, 0.15) is 5.78 Å². The van der Waals surface area contributed by atoms with E-state index in [0.717, 1.165) is 43.1 Å². The van der Waals surface area contributed by atoms with Gasteiger partial charge >= 0.3 is 0 Å². The second-order valence-electron chi connectivity index (χ2n) is 4.76. The zero-order chi connectivity index (χ0) is 10.3. The molecule has 0 N–H and O–H groups in total. The van der Waals surface area contributed by atoms with Crippen LogP contribution >= 0.6 is 0 Å². The molecule has 0 unspecified atom stereocenters. The number of hydrogen-bond donors (Lipinski definition) is 0. The molecule has 78 valence electrons. The predicted octanol–water partition coefficient (Wildman–Crippen LogP) is 2.23. The van der Waals surface area contributed by atoms with Gasteiger partial charge in [-0.25, -0.2) is 0 Å². The quantitative estimate of drug-likeness (QED) is 0.557. The van der Waals surface area contributed by atoms with Gasteiger partial charge in [0, 0.05) is 19.3 Å². The molecule has 0 atom stereocenters. The Morgan fingerprint density at radius 2 is 1.62 bits per heavy atom. The molecule has 0 saturated heterocycles. The van der Waals surface area contributed by atoms with Crippen LogP contribution in [0.25, 0.3) is 0 Å². The summed E-state index contributed by atoms with van der Waals surface area (Å²) in [5.74, 6) is 0.440. The second-order valence-corrected chi connectivity index (χ2v) is 4.76. The maximum atomic E-state index is 11.3. The third-order valence-electron chi connectivity index (χ3n) is 2.09. The van der Waals surface area contributed by atoms with Crippen molar-refractivity contribution in [3.63, 3.8) is 0 Å². The molecule has 0 radical (unpaired) electrons. The van der Waals surface area contributed by atoms with E-state index in [9.17, 15) is 4.79 Å². The Bertz CT molecular complexity index is 147. The fraction of sp³-hybridized carbons (Fsp3) is 0.909. The van der Waals surface area contributed by atoms with Crippen molar-refractivity contribution >= 4 is 5.78 Å². The summed E-state index contributed by atoms with van der Waals surface area (Å²) < 4.78 is 0.959. The van der Waals surface area contributed by atoms with Crippen LogP contribution in [0.3, 0.4) is 0 Å². The van der Waals surface area contributed by atoms with Gasteiger partial charge in [-0.1, -0.05) is 13.3 Å². The molecule has 2 nitrogen and oxygen atoms in total. The topological polar surface area (TPSA) is 17.1 Å². The molecule has 0 aromatic rings. The molecule has 13 heavy (non-hydrogen) atoms. The molecule has 0 amide bonds. The van der Waals surface area contributed by atoms with Gasteiger partial charge in [-0.15, -0.1) is 0 Å². The van der Waals surface area contributed by atoms with Crippen molar-refractivity contribution in [3.05, 3.63) is 0 Å². The van der Waals surface area contributed by atoms with Gasteiger partial charge in [-0.05, 0) is 6.42 Å². The summed E-state index contributed by atoms with van der Waals surface area (Å²) in [4.78, 5) is 11.3. The summed E-state index contributed by atoms with van der Waals surface area (Å²) >= 11 is 0. The molecule has 0 bridgehead atoms. The minimum absolute atomic E-state index is 0.440. The van der Waals surface area contributed by atoms with E-state index in [4.69, 9.17) is 0 Å². The van der Waals surface area contributed by atoms with Crippen molar-refractivity contribution in [1.29, 1.82) is 0 Å². The second kappa shape index (κ2) is 6.14. The smallest absolute Gasteiger partial charge is 0.133 e. The summed E-state index contributed by atoms with van der Waals surface area (Å²) in [6.45, 7) is 3.22. The summed E-state index contributed by atoms with van der Waals surface area (Å²) in [5, 5.41) is 0. The lowest BCUT2D eigenvalue weighted by molar-refractivity contribution is -0.870. The van der Waals surface area contributed by atoms with Gasteiger partial charge in [-0.2, -0.15) is 0 Å². The maximum absolute atomic E-state index is 11.3. The Morgan fingerprint density at radius 3 is 2.08 bits per heavy atom. The molecule has 0 aliphatic rings. The number of hydrogen-bond acceptors (Lipinski definition) is 1. The highest BCUT2D eigenvalue weighted by Gasteiger charge is 2.08. The van der Waals surface area contributed by atoms with E-state index in [2.05, 4.69) is 28.1 Å². The molecule has 0 aliphatic carbocycles. The van der Waals surface area contributed by atoms with Crippen molar-refractivity contribution < 1.29 is 9.28 Å². The average molecular weight is 186 g/mol. The zero-order valence-corrected chi connectivity index (χ0v) is 9.60. The molecule has 0 saturated carbocycles. The number of carbonyl (C=O) groups is 1. The third-order valence-corrected chi connectivity index (χ3v) is 2.09. The van der Waals surface area contributed by atoms with Gasteiger partial charge in [0.25, 0.3) is 0 Å². The monoisotopic (exact) mass is 186 g/mol. The van der Waals surface area contributed by atoms with Crippen molar-refractivity contribution in [2.24, 2.45) is 0 Å². The number of rotatable bonds is 7. The van der Waals surface area contributed by atoms with E-state index in [1.165, 1.54) is 0 Å². The first-order valence-electron chi connectivity index (χ1n) is 5.28. The van der Waals surface area contributed by atoms with Gasteiger partial charge in [0.15, 0.2) is 0 Å². The summed E-state index contributed by atoms with van der Waals surface area (Å²) in [5.41, 5.74) is 0. The SMILES string of the molecule is CCCCC(=O)CCC[N+](C)(C)C. The normalized spacial score (nSPS) is 11.7. The van der Waals surface area contributed by atoms with Crippen molar-refractivity contribution in [3.8, 4) is 0 Å². The van der Waals surface area contributed by atoms with Crippen LogP contribution in [-0.4, -0.2) is 38.0 Å². The first kappa shape index (κ1) is 12.6. The summed E-state index contributed by atoms with van der Waals surface area (Å²) in [6.07, 6.45) is 4.78. The standard InChI is InChI=1S/C11H24NO/c1-5-6-8-11(13)9-7-10-12(2,3)4/h5-10H2,1-4H3/q+1. The molecule has 2 heteroatoms. The van der Waals surface area contributed by atoms with E-state index in [0.29, 0.717) is 5.78 Å². The first-order chi connectivity index (χ1) is 5.95. The maximum Gasteiger partial charge on any atom is 0.133 e. The molecule has 0 heterocycles. The molecule has 0 rings (SSSR count). The summed E-state index contributed by atoms with van der Waals surface area (Å²) in [6, 6.07) is 0. The fourth-order valence-electron chi connectivity index (χ4n) is 1.25. The molecular weight excluding hydrogens is 162 g/mol. The largest absolute Gasteiger partial charge is 0.331 e. The van der Waals surface area contributed by atoms with Crippen molar-refractivity contribution in [1.82, 2.24) is 0 Å². The highest BCUT2D eigenvalue weighted by atomic mass is 16.1. The van der Waals surface area contributed by atoms with E-state index in [1.807, 2.05) is 0 Å². The Labute approximate surface area is 82.5 Å². The van der Waals surface area contributed by atoms with E-state index < -0.39 is 0 Å². The lowest BCUT2D eigenvalue weighted by Gasteiger charge is -2.23. The highest BCUT2D eigenvalue weighted by Crippen LogP contribution is 2.03. The average Bonchev–Trinajstić information content (AvgIpc) is 1.98. The van der Waals surface area contributed by atoms with Crippen LogP contribution < -0.4 is 0 Å². The Hall–Kier alpha value is -0.370. The molecule has 0 aliphatic heterocycles. The Morgan fingerprint density at radius 1 is 1.08 bits per heavy atom. The minimum Gasteiger partial charge on any atom is -0.331 e. The number of Topliss-reactive ketones (excluding diaryl/α,β-unsaturated/α-hetero) is 1. The van der Waals surface area contributed by atoms with Gasteiger partial charge in [0.2, 0.25) is 0 Å². The zero-order valence-electron chi connectivity index (χ0n) is 9.60. The Balaban J connectivity index is 3.37. The molecular formula is C11H24NO+. The molecule has 0 fully saturated rings. The van der Waals surface area contributed by atoms with Gasteiger partial charge in [0.05, 0.1) is 27.7 Å². The third kappa shape index (κ3) is 9.54. The fourth-order valence-corrected chi connectivity index (χ4v) is 1.25. The molecule has 0 spiro atoms. The van der Waals surface area contributed by atoms with E-state index in [1.54, 1.807) is 0 Å². The van der Waals surface area contributed by atoms with Crippen LogP contribution in [-0.2, 0) is 4.79 Å². The van der Waals surface area contributed by atoms with Crippen LogP contribution in [0.15, 0.2) is 0 Å². The number of ketones is 1. The van der Waals surface area contributed by atoms with Crippen LogP contribution in [0.2, 0.25) is 0 Å². The lowest BCUT2D eigenvalue weighted by atomic mass is 10.1. The van der Waals surface area contributed by atoms with E-state index in [-0.39, 0.29) is 0 Å². The molecule has 0 aromatic carbocycles. The lowest BCUT2D eigenvalue weighted by Crippen LogP contribution is -2.35. The van der Waals surface area contributed by atoms with Crippen LogP contribution in [0.1, 0.15) is 39.0 Å². The number of quaternary nitrogens is 1. The van der Waals surface area contributed by atoms with E-state index >= 15 is 0 Å².